The van der Waals surface area contributed by atoms with Crippen molar-refractivity contribution in [3.05, 3.63) is 243 Å². The van der Waals surface area contributed by atoms with Gasteiger partial charge in [-0.15, -0.1) is 0 Å². The van der Waals surface area contributed by atoms with Crippen molar-refractivity contribution in [2.45, 2.75) is 0 Å². The summed E-state index contributed by atoms with van der Waals surface area (Å²) in [6, 6.07) is 85.2. The number of hydrogen-bond acceptors (Lipinski definition) is 3. The number of aromatic nitrogens is 2. The first-order valence-electron chi connectivity index (χ1n) is 23.5. The third kappa shape index (κ3) is 6.66. The number of nitrogens with zero attached hydrogens (tertiary/aromatic N) is 2. The zero-order valence-corrected chi connectivity index (χ0v) is 37.4. The van der Waals surface area contributed by atoms with E-state index in [1.807, 2.05) is 6.20 Å². The highest BCUT2D eigenvalue weighted by atomic mass is 16.3. The molecule has 14 rings (SSSR count). The Bertz CT molecular complexity index is 4320. The van der Waals surface area contributed by atoms with Crippen LogP contribution in [0, 0.1) is 0 Å². The Morgan fingerprint density at radius 1 is 0.275 bits per heavy atom. The first-order valence-corrected chi connectivity index (χ1v) is 23.5. The van der Waals surface area contributed by atoms with E-state index in [-0.39, 0.29) is 0 Å². The molecule has 0 unspecified atom stereocenters. The molecule has 3 heteroatoms. The van der Waals surface area contributed by atoms with Crippen LogP contribution in [0.5, 0.6) is 0 Å². The third-order valence-corrected chi connectivity index (χ3v) is 14.1. The van der Waals surface area contributed by atoms with E-state index in [4.69, 9.17) is 14.4 Å². The fourth-order valence-corrected chi connectivity index (χ4v) is 10.5. The minimum absolute atomic E-state index is 0.856. The van der Waals surface area contributed by atoms with Gasteiger partial charge < -0.3 is 4.42 Å². The van der Waals surface area contributed by atoms with Crippen LogP contribution in [-0.2, 0) is 0 Å². The Balaban J connectivity index is 0.808. The normalized spacial score (nSPS) is 11.8. The summed E-state index contributed by atoms with van der Waals surface area (Å²) in [6.07, 6.45) is 1.91. The van der Waals surface area contributed by atoms with Gasteiger partial charge in [0, 0.05) is 32.7 Å². The van der Waals surface area contributed by atoms with Crippen LogP contribution in [0.3, 0.4) is 0 Å². The van der Waals surface area contributed by atoms with Crippen LogP contribution in [0.4, 0.5) is 0 Å². The topological polar surface area (TPSA) is 38.9 Å². The van der Waals surface area contributed by atoms with E-state index in [9.17, 15) is 0 Å². The van der Waals surface area contributed by atoms with Crippen molar-refractivity contribution in [1.29, 1.82) is 0 Å². The quantitative estimate of drug-likeness (QED) is 0.156. The highest BCUT2D eigenvalue weighted by molar-refractivity contribution is 6.23. The van der Waals surface area contributed by atoms with E-state index in [1.165, 1.54) is 49.0 Å². The second kappa shape index (κ2) is 15.7. The van der Waals surface area contributed by atoms with Crippen molar-refractivity contribution in [3.63, 3.8) is 0 Å². The molecule has 0 aliphatic heterocycles. The average molecular weight is 877 g/mol. The van der Waals surface area contributed by atoms with E-state index in [0.29, 0.717) is 0 Å². The Kier molecular flexibility index (Phi) is 8.90. The van der Waals surface area contributed by atoms with E-state index >= 15 is 0 Å². The molecule has 0 aliphatic rings. The summed E-state index contributed by atoms with van der Waals surface area (Å²) in [7, 11) is 0. The third-order valence-electron chi connectivity index (χ3n) is 14.1. The second-order valence-corrected chi connectivity index (χ2v) is 18.1. The molecule has 0 bridgehead atoms. The van der Waals surface area contributed by atoms with Gasteiger partial charge in [-0.2, -0.15) is 0 Å². The summed E-state index contributed by atoms with van der Waals surface area (Å²) in [6.45, 7) is 0. The lowest BCUT2D eigenvalue weighted by molar-refractivity contribution is 0.670. The first-order chi connectivity index (χ1) is 34.1. The first kappa shape index (κ1) is 39.0. The van der Waals surface area contributed by atoms with Crippen LogP contribution in [0.25, 0.3) is 143 Å². The summed E-state index contributed by atoms with van der Waals surface area (Å²) >= 11 is 0. The fraction of sp³-hybridized carbons (Fsp3) is 0. The predicted molar refractivity (Wildman–Crippen MR) is 289 cm³/mol. The van der Waals surface area contributed by atoms with Crippen LogP contribution < -0.4 is 0 Å². The fourth-order valence-electron chi connectivity index (χ4n) is 10.5. The summed E-state index contributed by atoms with van der Waals surface area (Å²) in [5.41, 5.74) is 16.9. The molecule has 0 radical (unpaired) electrons. The summed E-state index contributed by atoms with van der Waals surface area (Å²) in [4.78, 5) is 10.3. The molecule has 0 aliphatic carbocycles. The monoisotopic (exact) mass is 876 g/mol. The molecule has 320 valence electrons. The minimum Gasteiger partial charge on any atom is -0.455 e. The molecule has 0 saturated carbocycles. The molecule has 0 amide bonds. The highest BCUT2D eigenvalue weighted by Crippen LogP contribution is 2.42. The Morgan fingerprint density at radius 3 is 1.42 bits per heavy atom. The lowest BCUT2D eigenvalue weighted by Gasteiger charge is -2.11. The molecule has 14 aromatic rings. The maximum Gasteiger partial charge on any atom is 0.143 e. The van der Waals surface area contributed by atoms with Gasteiger partial charge in [0.15, 0.2) is 0 Å². The van der Waals surface area contributed by atoms with Gasteiger partial charge in [0.1, 0.15) is 11.2 Å². The number of fused-ring (bicyclic) bond motifs is 11. The molecule has 0 saturated heterocycles. The van der Waals surface area contributed by atoms with Crippen LogP contribution in [0.15, 0.2) is 247 Å². The Labute approximate surface area is 398 Å². The van der Waals surface area contributed by atoms with Gasteiger partial charge in [0.05, 0.1) is 22.9 Å². The maximum atomic E-state index is 6.81. The number of furan rings is 1. The standard InChI is InChI=1S/C66H40N2O/c1-3-12-47-34-50(30-26-41(47)10-1)52-32-33-63-60(37-52)61-39-54(51-31-27-42-11-2-4-13-48(42)35-51)38-59(66(61)69-63)46-28-24-44(25-29-46)43-20-22-45(23-21-43)49-14-9-15-53(36-49)62-40-67-64-57-18-7-5-16-55(57)56-17-6-8-19-58(56)65(64)68-62/h1-40H. The largest absolute Gasteiger partial charge is 0.455 e. The second-order valence-electron chi connectivity index (χ2n) is 18.1. The highest BCUT2D eigenvalue weighted by Gasteiger charge is 2.18. The van der Waals surface area contributed by atoms with Crippen LogP contribution >= 0.6 is 0 Å². The molecule has 3 nitrogen and oxygen atoms in total. The zero-order chi connectivity index (χ0) is 45.4. The lowest BCUT2D eigenvalue weighted by atomic mass is 9.93. The minimum atomic E-state index is 0.856. The maximum absolute atomic E-state index is 6.81. The van der Waals surface area contributed by atoms with Gasteiger partial charge >= 0.3 is 0 Å². The van der Waals surface area contributed by atoms with Gasteiger partial charge in [-0.1, -0.05) is 194 Å². The van der Waals surface area contributed by atoms with E-state index in [1.54, 1.807) is 0 Å². The lowest BCUT2D eigenvalue weighted by Crippen LogP contribution is -1.92. The number of rotatable bonds is 6. The van der Waals surface area contributed by atoms with Gasteiger partial charge in [-0.3, -0.25) is 4.98 Å². The molecular weight excluding hydrogens is 837 g/mol. The van der Waals surface area contributed by atoms with Gasteiger partial charge in [-0.25, -0.2) is 4.98 Å². The summed E-state index contributed by atoms with van der Waals surface area (Å²) < 4.78 is 6.81. The van der Waals surface area contributed by atoms with Crippen LogP contribution in [0.1, 0.15) is 0 Å². The van der Waals surface area contributed by atoms with Crippen LogP contribution in [-0.4, -0.2) is 9.97 Å². The molecule has 2 aromatic heterocycles. The van der Waals surface area contributed by atoms with Crippen molar-refractivity contribution in [2.75, 3.05) is 0 Å². The van der Waals surface area contributed by atoms with Crippen molar-refractivity contribution in [3.8, 4) is 66.9 Å². The molecule has 12 aromatic carbocycles. The Morgan fingerprint density at radius 2 is 0.754 bits per heavy atom. The van der Waals surface area contributed by atoms with Crippen molar-refractivity contribution >= 4 is 76.1 Å². The smallest absolute Gasteiger partial charge is 0.143 e. The SMILES string of the molecule is c1cc(-c2ccc(-c3ccc(-c4cc(-c5ccc6ccccc6c5)cc5c4oc4ccc(-c6ccc7ccccc7c6)cc45)cc3)cc2)cc(-c2cnc3c4ccccc4c4ccccc4c3n2)c1. The van der Waals surface area contributed by atoms with Gasteiger partial charge in [-0.05, 0) is 125 Å². The van der Waals surface area contributed by atoms with Crippen molar-refractivity contribution in [2.24, 2.45) is 0 Å². The molecule has 0 atom stereocenters. The Hall–Kier alpha value is -9.18. The van der Waals surface area contributed by atoms with E-state index in [0.717, 1.165) is 93.9 Å². The number of benzene rings is 12. The van der Waals surface area contributed by atoms with Gasteiger partial charge in [0.25, 0.3) is 0 Å². The molecule has 0 spiro atoms. The molecule has 0 N–H and O–H groups in total. The van der Waals surface area contributed by atoms with Gasteiger partial charge in [0.2, 0.25) is 0 Å². The predicted octanol–water partition coefficient (Wildman–Crippen LogP) is 18.1. The average Bonchev–Trinajstić information content (AvgIpc) is 3.80. The summed E-state index contributed by atoms with van der Waals surface area (Å²) in [5.74, 6) is 0. The number of hydrogen-bond donors (Lipinski definition) is 0. The van der Waals surface area contributed by atoms with Crippen molar-refractivity contribution < 1.29 is 4.42 Å². The molecule has 0 fully saturated rings. The van der Waals surface area contributed by atoms with E-state index in [2.05, 4.69) is 237 Å². The zero-order valence-electron chi connectivity index (χ0n) is 37.4. The molecule has 69 heavy (non-hydrogen) atoms. The molecular formula is C66H40N2O. The van der Waals surface area contributed by atoms with Crippen molar-refractivity contribution in [1.82, 2.24) is 9.97 Å². The van der Waals surface area contributed by atoms with Crippen LogP contribution in [0.2, 0.25) is 0 Å². The summed E-state index contributed by atoms with van der Waals surface area (Å²) in [5, 5.41) is 11.8. The van der Waals surface area contributed by atoms with E-state index < -0.39 is 0 Å². The molecule has 2 heterocycles.